The van der Waals surface area contributed by atoms with E-state index in [0.717, 1.165) is 22.6 Å². The van der Waals surface area contributed by atoms with Gasteiger partial charge in [-0.1, -0.05) is 22.8 Å². The van der Waals surface area contributed by atoms with Crippen molar-refractivity contribution in [3.63, 3.8) is 0 Å². The third kappa shape index (κ3) is 3.40. The fraction of sp³-hybridized carbons (Fsp3) is 0.357. The van der Waals surface area contributed by atoms with Gasteiger partial charge in [-0.3, -0.25) is 10.1 Å². The Morgan fingerprint density at radius 2 is 2.19 bits per heavy atom. The van der Waals surface area contributed by atoms with Crippen LogP contribution >= 0.6 is 11.6 Å². The van der Waals surface area contributed by atoms with Crippen molar-refractivity contribution in [3.8, 4) is 0 Å². The maximum atomic E-state index is 10.9. The topological polar surface area (TPSA) is 81.2 Å². The van der Waals surface area contributed by atoms with E-state index in [9.17, 15) is 10.1 Å². The SMILES string of the molecule is Cc1noc(C)c1C(C)NCc1ccc(Cl)c([N+](=O)[O-])c1. The number of aryl methyl sites for hydroxylation is 2. The van der Waals surface area contributed by atoms with Crippen LogP contribution in [-0.2, 0) is 6.54 Å². The summed E-state index contributed by atoms with van der Waals surface area (Å²) in [6, 6.07) is 4.82. The van der Waals surface area contributed by atoms with E-state index < -0.39 is 4.92 Å². The van der Waals surface area contributed by atoms with Crippen LogP contribution in [0.25, 0.3) is 0 Å². The molecular weight excluding hydrogens is 294 g/mol. The van der Waals surface area contributed by atoms with E-state index in [4.69, 9.17) is 16.1 Å². The number of nitrogens with one attached hydrogen (secondary N) is 1. The van der Waals surface area contributed by atoms with E-state index in [2.05, 4.69) is 10.5 Å². The molecule has 0 bridgehead atoms. The number of nitrogens with zero attached hydrogens (tertiary/aromatic N) is 2. The normalized spacial score (nSPS) is 12.4. The van der Waals surface area contributed by atoms with Crippen LogP contribution in [0.2, 0.25) is 5.02 Å². The molecule has 0 fully saturated rings. The first-order valence-electron chi connectivity index (χ1n) is 6.49. The van der Waals surface area contributed by atoms with Gasteiger partial charge < -0.3 is 9.84 Å². The minimum atomic E-state index is -0.483. The Morgan fingerprint density at radius 3 is 2.76 bits per heavy atom. The van der Waals surface area contributed by atoms with Crippen molar-refractivity contribution in [2.45, 2.75) is 33.4 Å². The fourth-order valence-electron chi connectivity index (χ4n) is 2.29. The first kappa shape index (κ1) is 15.5. The largest absolute Gasteiger partial charge is 0.361 e. The van der Waals surface area contributed by atoms with Gasteiger partial charge in [0.25, 0.3) is 5.69 Å². The minimum Gasteiger partial charge on any atom is -0.361 e. The summed E-state index contributed by atoms with van der Waals surface area (Å²) >= 11 is 5.79. The Kier molecular flexibility index (Phi) is 4.59. The average molecular weight is 310 g/mol. The number of hydrogen-bond donors (Lipinski definition) is 1. The van der Waals surface area contributed by atoms with Gasteiger partial charge in [0.15, 0.2) is 0 Å². The van der Waals surface area contributed by atoms with Gasteiger partial charge in [-0.2, -0.15) is 0 Å². The minimum absolute atomic E-state index is 0.0333. The number of nitro benzene ring substituents is 1. The molecule has 0 aliphatic heterocycles. The molecule has 0 saturated carbocycles. The zero-order chi connectivity index (χ0) is 15.6. The van der Waals surface area contributed by atoms with Crippen molar-refractivity contribution in [2.24, 2.45) is 0 Å². The molecule has 0 aliphatic rings. The van der Waals surface area contributed by atoms with Crippen LogP contribution in [0.5, 0.6) is 0 Å². The molecule has 0 amide bonds. The molecule has 1 heterocycles. The predicted molar refractivity (Wildman–Crippen MR) is 79.3 cm³/mol. The lowest BCUT2D eigenvalue weighted by atomic mass is 10.1. The number of rotatable bonds is 5. The maximum Gasteiger partial charge on any atom is 0.288 e. The van der Waals surface area contributed by atoms with Crippen molar-refractivity contribution in [1.29, 1.82) is 0 Å². The number of aromatic nitrogens is 1. The highest BCUT2D eigenvalue weighted by Gasteiger charge is 2.17. The first-order valence-corrected chi connectivity index (χ1v) is 6.87. The summed E-state index contributed by atoms with van der Waals surface area (Å²) < 4.78 is 5.14. The van der Waals surface area contributed by atoms with Crippen LogP contribution in [0.4, 0.5) is 5.69 Å². The fourth-order valence-corrected chi connectivity index (χ4v) is 2.48. The number of hydrogen-bond acceptors (Lipinski definition) is 5. The lowest BCUT2D eigenvalue weighted by Gasteiger charge is -2.13. The van der Waals surface area contributed by atoms with E-state index in [1.54, 1.807) is 6.07 Å². The van der Waals surface area contributed by atoms with Crippen molar-refractivity contribution in [2.75, 3.05) is 0 Å². The van der Waals surface area contributed by atoms with Crippen LogP contribution in [0.3, 0.4) is 0 Å². The van der Waals surface area contributed by atoms with E-state index >= 15 is 0 Å². The Bertz CT molecular complexity index is 650. The molecule has 1 aromatic carbocycles. The van der Waals surface area contributed by atoms with E-state index in [-0.39, 0.29) is 16.8 Å². The summed E-state index contributed by atoms with van der Waals surface area (Å²) in [5.74, 6) is 0.773. The smallest absolute Gasteiger partial charge is 0.288 e. The summed E-state index contributed by atoms with van der Waals surface area (Å²) in [7, 11) is 0. The molecule has 0 saturated heterocycles. The second kappa shape index (κ2) is 6.24. The van der Waals surface area contributed by atoms with Crippen LogP contribution < -0.4 is 5.32 Å². The highest BCUT2D eigenvalue weighted by atomic mass is 35.5. The van der Waals surface area contributed by atoms with Gasteiger partial charge in [0.1, 0.15) is 10.8 Å². The van der Waals surface area contributed by atoms with Crippen LogP contribution in [-0.4, -0.2) is 10.1 Å². The maximum absolute atomic E-state index is 10.9. The van der Waals surface area contributed by atoms with Gasteiger partial charge in [-0.25, -0.2) is 0 Å². The average Bonchev–Trinajstić information content (AvgIpc) is 2.76. The van der Waals surface area contributed by atoms with Crippen molar-refractivity contribution in [3.05, 3.63) is 55.9 Å². The summed E-state index contributed by atoms with van der Waals surface area (Å²) in [5, 5.41) is 18.2. The van der Waals surface area contributed by atoms with E-state index in [0.29, 0.717) is 6.54 Å². The Morgan fingerprint density at radius 1 is 1.48 bits per heavy atom. The van der Waals surface area contributed by atoms with Gasteiger partial charge in [0.2, 0.25) is 0 Å². The standard InChI is InChI=1S/C14H16ClN3O3/c1-8(14-9(2)17-21-10(14)3)16-7-11-4-5-12(15)13(6-11)18(19)20/h4-6,8,16H,7H2,1-3H3. The van der Waals surface area contributed by atoms with E-state index in [1.165, 1.54) is 12.1 Å². The summed E-state index contributed by atoms with van der Waals surface area (Å²) in [4.78, 5) is 10.4. The quantitative estimate of drug-likeness (QED) is 0.672. The molecule has 112 valence electrons. The molecule has 6 nitrogen and oxygen atoms in total. The van der Waals surface area contributed by atoms with Gasteiger partial charge in [0.05, 0.1) is 10.6 Å². The Labute approximate surface area is 127 Å². The molecule has 0 spiro atoms. The molecule has 1 unspecified atom stereocenters. The first-order chi connectivity index (χ1) is 9.90. The summed E-state index contributed by atoms with van der Waals surface area (Å²) in [6.07, 6.45) is 0. The molecule has 2 rings (SSSR count). The van der Waals surface area contributed by atoms with Gasteiger partial charge in [-0.15, -0.1) is 0 Å². The Balaban J connectivity index is 2.10. The summed E-state index contributed by atoms with van der Waals surface area (Å²) in [5.41, 5.74) is 2.57. The highest BCUT2D eigenvalue weighted by molar-refractivity contribution is 6.32. The lowest BCUT2D eigenvalue weighted by Crippen LogP contribution is -2.19. The van der Waals surface area contributed by atoms with Crippen LogP contribution in [0.15, 0.2) is 22.7 Å². The lowest BCUT2D eigenvalue weighted by molar-refractivity contribution is -0.384. The third-order valence-electron chi connectivity index (χ3n) is 3.34. The molecule has 1 atom stereocenters. The molecule has 0 radical (unpaired) electrons. The molecule has 1 aromatic heterocycles. The molecular formula is C14H16ClN3O3. The molecule has 2 aromatic rings. The predicted octanol–water partition coefficient (Wildman–Crippen LogP) is 3.70. The second-order valence-electron chi connectivity index (χ2n) is 4.88. The highest BCUT2D eigenvalue weighted by Crippen LogP contribution is 2.26. The van der Waals surface area contributed by atoms with Gasteiger partial charge >= 0.3 is 0 Å². The van der Waals surface area contributed by atoms with Gasteiger partial charge in [0, 0.05) is 24.2 Å². The summed E-state index contributed by atoms with van der Waals surface area (Å²) in [6.45, 7) is 6.23. The monoisotopic (exact) mass is 309 g/mol. The van der Waals surface area contributed by atoms with E-state index in [1.807, 2.05) is 20.8 Å². The third-order valence-corrected chi connectivity index (χ3v) is 3.66. The second-order valence-corrected chi connectivity index (χ2v) is 5.29. The molecule has 7 heteroatoms. The molecule has 1 N–H and O–H groups in total. The van der Waals surface area contributed by atoms with Crippen molar-refractivity contribution >= 4 is 17.3 Å². The number of benzene rings is 1. The zero-order valence-electron chi connectivity index (χ0n) is 12.0. The van der Waals surface area contributed by atoms with Gasteiger partial charge in [-0.05, 0) is 32.4 Å². The molecule has 21 heavy (non-hydrogen) atoms. The van der Waals surface area contributed by atoms with Crippen LogP contribution in [0.1, 0.15) is 35.5 Å². The van der Waals surface area contributed by atoms with Crippen molar-refractivity contribution in [1.82, 2.24) is 10.5 Å². The zero-order valence-corrected chi connectivity index (χ0v) is 12.8. The van der Waals surface area contributed by atoms with Crippen molar-refractivity contribution < 1.29 is 9.45 Å². The van der Waals surface area contributed by atoms with Crippen LogP contribution in [0, 0.1) is 24.0 Å². The number of halogens is 1. The number of nitro groups is 1. The Hall–Kier alpha value is -1.92. The molecule has 0 aliphatic carbocycles.